The molecule has 1 aromatic carbocycles. The smallest absolute Gasteiger partial charge is 0.144 e. The van der Waals surface area contributed by atoms with Gasteiger partial charge in [0.15, 0.2) is 0 Å². The third kappa shape index (κ3) is 2.60. The third-order valence-corrected chi connectivity index (χ3v) is 18.4. The van der Waals surface area contributed by atoms with Crippen molar-refractivity contribution in [3.8, 4) is 0 Å². The van der Waals surface area contributed by atoms with Gasteiger partial charge in [0, 0.05) is 6.61 Å². The molecule has 1 saturated heterocycles. The summed E-state index contributed by atoms with van der Waals surface area (Å²) in [7, 11) is 0.140. The van der Waals surface area contributed by atoms with Crippen LogP contribution in [0.4, 0.5) is 0 Å². The van der Waals surface area contributed by atoms with Crippen LogP contribution in [-0.4, -0.2) is 38.0 Å². The Morgan fingerprint density at radius 2 is 2.29 bits per heavy atom. The maximum atomic E-state index is 5.57. The highest BCUT2D eigenvalue weighted by Crippen LogP contribution is 2.04. The van der Waals surface area contributed by atoms with Crippen LogP contribution in [0.15, 0.2) is 24.3 Å². The Balaban J connectivity index is 2.19. The molecule has 4 heteroatoms. The lowest BCUT2D eigenvalue weighted by Gasteiger charge is -2.13. The molecule has 0 atom stereocenters. The number of hydrogen-bond donors (Lipinski definition) is 0. The molecule has 2 rings (SSSR count). The minimum absolute atomic E-state index is 0.0142. The van der Waals surface area contributed by atoms with Crippen LogP contribution in [0.1, 0.15) is 11.1 Å². The highest BCUT2D eigenvalue weighted by atomic mass is 29.5. The maximum absolute atomic E-state index is 5.57. The number of aryl methyl sites for hydroxylation is 1. The van der Waals surface area contributed by atoms with Gasteiger partial charge in [-0.25, -0.2) is 0 Å². The van der Waals surface area contributed by atoms with Crippen molar-refractivity contribution in [2.24, 2.45) is 0 Å². The average molecular weight is 236 g/mol. The van der Waals surface area contributed by atoms with E-state index in [4.69, 9.17) is 4.43 Å². The first-order chi connectivity index (χ1) is 6.86. The van der Waals surface area contributed by atoms with Gasteiger partial charge in [0.2, 0.25) is 0 Å². The molecule has 0 amide bonds. The zero-order chi connectivity index (χ0) is 9.80. The fraction of sp³-hybridized carbons (Fsp3) is 0.300. The van der Waals surface area contributed by atoms with E-state index in [1.165, 1.54) is 17.2 Å². The number of hydrogen-bond acceptors (Lipinski definition) is 1. The van der Waals surface area contributed by atoms with Crippen LogP contribution in [0, 0.1) is 6.92 Å². The van der Waals surface area contributed by atoms with Gasteiger partial charge in [0.25, 0.3) is 0 Å². The molecule has 0 saturated carbocycles. The molecule has 0 N–H and O–H groups in total. The second-order valence-electron chi connectivity index (χ2n) is 3.77. The standard InChI is InChI=1S/C10H16OSi3/c1-9-4-2-3-5-10(9)8-14-7-6-11-12-13-14/h2-5,8H,6-7,12-13H2,1H3. The summed E-state index contributed by atoms with van der Waals surface area (Å²) in [6.45, 7) is 3.28. The first kappa shape index (κ1) is 10.2. The van der Waals surface area contributed by atoms with Crippen LogP contribution in [0.3, 0.4) is 0 Å². The van der Waals surface area contributed by atoms with Crippen molar-refractivity contribution < 1.29 is 4.43 Å². The second kappa shape index (κ2) is 4.97. The molecule has 1 aliphatic heterocycles. The van der Waals surface area contributed by atoms with Crippen LogP contribution in [0.25, 0.3) is 0 Å². The van der Waals surface area contributed by atoms with Crippen molar-refractivity contribution in [2.75, 3.05) is 6.61 Å². The van der Waals surface area contributed by atoms with Crippen molar-refractivity contribution in [1.29, 1.82) is 0 Å². The van der Waals surface area contributed by atoms with E-state index in [9.17, 15) is 0 Å². The normalized spacial score (nSPS) is 23.4. The van der Waals surface area contributed by atoms with Crippen LogP contribution in [0.2, 0.25) is 6.04 Å². The molecule has 1 heterocycles. The molecule has 0 bridgehead atoms. The maximum Gasteiger partial charge on any atom is 0.144 e. The summed E-state index contributed by atoms with van der Waals surface area (Å²) in [5.41, 5.74) is 5.53. The van der Waals surface area contributed by atoms with E-state index in [0.717, 1.165) is 6.61 Å². The molecule has 1 nitrogen and oxygen atoms in total. The first-order valence-electron chi connectivity index (χ1n) is 5.19. The van der Waals surface area contributed by atoms with E-state index < -0.39 is 0 Å². The van der Waals surface area contributed by atoms with E-state index in [2.05, 4.69) is 36.9 Å². The lowest BCUT2D eigenvalue weighted by molar-refractivity contribution is 0.368. The molecule has 74 valence electrons. The highest BCUT2D eigenvalue weighted by molar-refractivity contribution is 7.35. The van der Waals surface area contributed by atoms with Gasteiger partial charge >= 0.3 is 0 Å². The van der Waals surface area contributed by atoms with Crippen LogP contribution >= 0.6 is 0 Å². The van der Waals surface area contributed by atoms with Gasteiger partial charge in [-0.05, 0) is 32.0 Å². The van der Waals surface area contributed by atoms with Gasteiger partial charge in [-0.3, -0.25) is 0 Å². The minimum Gasteiger partial charge on any atom is -0.428 e. The predicted octanol–water partition coefficient (Wildman–Crippen LogP) is -0.0837. The number of rotatable bonds is 1. The Bertz CT molecular complexity index is 341. The molecule has 0 aliphatic carbocycles. The molecular weight excluding hydrogens is 220 g/mol. The van der Waals surface area contributed by atoms with E-state index >= 15 is 0 Å². The molecule has 14 heavy (non-hydrogen) atoms. The Hall–Kier alpha value is -0.299. The summed E-state index contributed by atoms with van der Waals surface area (Å²) >= 11 is 0. The topological polar surface area (TPSA) is 9.23 Å². The van der Waals surface area contributed by atoms with Gasteiger partial charge in [-0.1, -0.05) is 29.9 Å². The van der Waals surface area contributed by atoms with Gasteiger partial charge in [-0.15, -0.1) is 0 Å². The van der Waals surface area contributed by atoms with Crippen molar-refractivity contribution in [1.82, 2.24) is 0 Å². The van der Waals surface area contributed by atoms with E-state index in [0.29, 0.717) is 0 Å². The zero-order valence-corrected chi connectivity index (χ0v) is 12.5. The highest BCUT2D eigenvalue weighted by Gasteiger charge is 2.07. The Morgan fingerprint density at radius 3 is 3.00 bits per heavy atom. The molecule has 0 unspecified atom stereocenters. The summed E-state index contributed by atoms with van der Waals surface area (Å²) in [6, 6.07) is 10.1. The van der Waals surface area contributed by atoms with Crippen LogP contribution < -0.4 is 0 Å². The minimum atomic E-state index is -0.0719. The molecule has 1 fully saturated rings. The fourth-order valence-electron chi connectivity index (χ4n) is 1.75. The molecular formula is C10H16OSi3. The Labute approximate surface area is 91.1 Å². The van der Waals surface area contributed by atoms with Crippen molar-refractivity contribution in [3.05, 3.63) is 35.4 Å². The number of benzene rings is 1. The summed E-state index contributed by atoms with van der Waals surface area (Å²) in [5, 5.41) is 0. The fourth-order valence-corrected chi connectivity index (χ4v) is 15.8. The van der Waals surface area contributed by atoms with Gasteiger partial charge in [0.1, 0.15) is 9.28 Å². The lowest BCUT2D eigenvalue weighted by atomic mass is 10.1. The van der Waals surface area contributed by atoms with Crippen molar-refractivity contribution in [2.45, 2.75) is 13.0 Å². The average Bonchev–Trinajstić information content (AvgIpc) is 2.23. The van der Waals surface area contributed by atoms with Crippen LogP contribution in [-0.2, 0) is 4.43 Å². The zero-order valence-electron chi connectivity index (χ0n) is 8.62. The SMILES string of the molecule is Cc1ccccc1C=[Si]1CCO[SiH2][SiH2]1. The monoisotopic (exact) mass is 236 g/mol. The summed E-state index contributed by atoms with van der Waals surface area (Å²) in [5.74, 6) is 0. The van der Waals surface area contributed by atoms with E-state index in [1.54, 1.807) is 0 Å². The van der Waals surface area contributed by atoms with Gasteiger partial charge in [-0.2, -0.15) is 0 Å². The largest absolute Gasteiger partial charge is 0.428 e. The second-order valence-corrected chi connectivity index (χ2v) is 17.1. The summed E-state index contributed by atoms with van der Waals surface area (Å²) in [4.78, 5) is 0. The molecule has 0 radical (unpaired) electrons. The Kier molecular flexibility index (Phi) is 3.63. The molecule has 0 aromatic heterocycles. The summed E-state index contributed by atoms with van der Waals surface area (Å²) < 4.78 is 5.57. The van der Waals surface area contributed by atoms with Crippen molar-refractivity contribution >= 4 is 31.4 Å². The molecule has 1 aromatic rings. The first-order valence-corrected chi connectivity index (χ1v) is 13.9. The van der Waals surface area contributed by atoms with E-state index in [-0.39, 0.29) is 25.8 Å². The van der Waals surface area contributed by atoms with Crippen LogP contribution in [0.5, 0.6) is 0 Å². The summed E-state index contributed by atoms with van der Waals surface area (Å²) in [6.07, 6.45) is 0. The van der Waals surface area contributed by atoms with E-state index in [1.807, 2.05) is 0 Å². The Morgan fingerprint density at radius 1 is 1.43 bits per heavy atom. The molecule has 0 spiro atoms. The molecule has 1 aliphatic rings. The van der Waals surface area contributed by atoms with Crippen molar-refractivity contribution in [3.63, 3.8) is 0 Å². The predicted molar refractivity (Wildman–Crippen MR) is 69.9 cm³/mol. The quantitative estimate of drug-likeness (QED) is 0.620. The lowest BCUT2D eigenvalue weighted by Crippen LogP contribution is -2.31. The van der Waals surface area contributed by atoms with Gasteiger partial charge in [0.05, 0.1) is 8.55 Å². The van der Waals surface area contributed by atoms with Gasteiger partial charge < -0.3 is 4.43 Å². The third-order valence-electron chi connectivity index (χ3n) is 2.68.